The van der Waals surface area contributed by atoms with Gasteiger partial charge in [-0.2, -0.15) is 8.78 Å². The molecule has 11 heteroatoms. The van der Waals surface area contributed by atoms with Crippen LogP contribution in [0.25, 0.3) is 10.9 Å². The molecule has 1 atom stereocenters. The molecule has 0 aliphatic carbocycles. The smallest absolute Gasteiger partial charge is 0.345 e. The molecule has 0 fully saturated rings. The van der Waals surface area contributed by atoms with Gasteiger partial charge in [0.15, 0.2) is 0 Å². The summed E-state index contributed by atoms with van der Waals surface area (Å²) < 4.78 is 29.5. The lowest BCUT2D eigenvalue weighted by Gasteiger charge is -2.24. The molecule has 1 unspecified atom stereocenters. The molecule has 1 aliphatic rings. The predicted molar refractivity (Wildman–Crippen MR) is 142 cm³/mol. The van der Waals surface area contributed by atoms with E-state index >= 15 is 0 Å². The number of rotatable bonds is 15. The highest BCUT2D eigenvalue weighted by atomic mass is 19.3. The van der Waals surface area contributed by atoms with E-state index in [1.807, 2.05) is 29.2 Å². The zero-order valence-corrected chi connectivity index (χ0v) is 21.3. The van der Waals surface area contributed by atoms with Crippen molar-refractivity contribution >= 4 is 28.5 Å². The van der Waals surface area contributed by atoms with Crippen LogP contribution in [0.1, 0.15) is 36.9 Å². The van der Waals surface area contributed by atoms with Crippen LogP contribution in [0.5, 0.6) is 0 Å². The number of unbranched alkanes of at least 4 members (excludes halogenated alkanes) is 1. The molecule has 1 aliphatic heterocycles. The zero-order valence-electron chi connectivity index (χ0n) is 21.3. The van der Waals surface area contributed by atoms with Gasteiger partial charge in [-0.1, -0.05) is 18.2 Å². The number of nitrogens with one attached hydrogen (secondary N) is 2. The Morgan fingerprint density at radius 3 is 2.84 bits per heavy atom. The largest absolute Gasteiger partial charge is 0.480 e. The Hall–Kier alpha value is -3.44. The number of fused-ring (bicyclic) bond motifs is 2. The first-order valence-corrected chi connectivity index (χ1v) is 13.0. The summed E-state index contributed by atoms with van der Waals surface area (Å²) in [6.07, 6.45) is 6.34. The van der Waals surface area contributed by atoms with E-state index in [-0.39, 0.29) is 19.6 Å². The Kier molecular flexibility index (Phi) is 10.1. The topological polar surface area (TPSA) is 112 Å². The molecule has 2 aromatic heterocycles. The third kappa shape index (κ3) is 8.03. The number of pyridine rings is 1. The van der Waals surface area contributed by atoms with Crippen molar-refractivity contribution in [3.8, 4) is 0 Å². The van der Waals surface area contributed by atoms with Crippen LogP contribution in [0.2, 0.25) is 0 Å². The SMILES string of the molecule is O=C(O)C(CCN(CCCCc1ccc2c(n1)NCCC2)CCOC(F)F)Nc1ncnc2ccccc12. The van der Waals surface area contributed by atoms with Crippen molar-refractivity contribution in [2.75, 3.05) is 43.4 Å². The summed E-state index contributed by atoms with van der Waals surface area (Å²) in [6, 6.07) is 10.7. The predicted octanol–water partition coefficient (Wildman–Crippen LogP) is 4.20. The number of ether oxygens (including phenoxy) is 1. The second kappa shape index (κ2) is 13.9. The van der Waals surface area contributed by atoms with E-state index in [4.69, 9.17) is 4.98 Å². The number of para-hydroxylation sites is 1. The number of carboxylic acid groups (broad SMARTS) is 1. The van der Waals surface area contributed by atoms with Crippen LogP contribution in [0.4, 0.5) is 20.4 Å². The maximum absolute atomic E-state index is 12.5. The molecule has 0 radical (unpaired) electrons. The lowest BCUT2D eigenvalue weighted by molar-refractivity contribution is -0.138. The fourth-order valence-corrected chi connectivity index (χ4v) is 4.61. The number of nitrogens with zero attached hydrogens (tertiary/aromatic N) is 4. The van der Waals surface area contributed by atoms with Gasteiger partial charge < -0.3 is 25.4 Å². The minimum atomic E-state index is -2.83. The molecule has 4 rings (SSSR count). The van der Waals surface area contributed by atoms with Crippen molar-refractivity contribution in [1.29, 1.82) is 0 Å². The summed E-state index contributed by atoms with van der Waals surface area (Å²) in [5, 5.41) is 16.9. The van der Waals surface area contributed by atoms with E-state index in [2.05, 4.69) is 37.5 Å². The van der Waals surface area contributed by atoms with Gasteiger partial charge in [0.05, 0.1) is 12.1 Å². The second-order valence-corrected chi connectivity index (χ2v) is 9.33. The molecule has 3 aromatic rings. The van der Waals surface area contributed by atoms with Gasteiger partial charge in [0.2, 0.25) is 0 Å². The third-order valence-corrected chi connectivity index (χ3v) is 6.65. The standard InChI is InChI=1S/C27H34F2N6O3/c28-27(29)38-17-16-35(14-4-3-7-20-11-10-19-6-5-13-30-24(19)33-20)15-12-23(26(36)37)34-25-21-8-1-2-9-22(21)31-18-32-25/h1-2,8-11,18,23,27H,3-7,12-17H2,(H,30,33)(H,36,37)(H,31,32,34). The molecule has 9 nitrogen and oxygen atoms in total. The quantitative estimate of drug-likeness (QED) is 0.250. The summed E-state index contributed by atoms with van der Waals surface area (Å²) in [5.74, 6) is 0.411. The first kappa shape index (κ1) is 27.6. The van der Waals surface area contributed by atoms with Gasteiger partial charge in [-0.3, -0.25) is 0 Å². The van der Waals surface area contributed by atoms with Crippen LogP contribution in [0, 0.1) is 0 Å². The van der Waals surface area contributed by atoms with E-state index in [0.717, 1.165) is 55.5 Å². The van der Waals surface area contributed by atoms with E-state index < -0.39 is 18.6 Å². The highest BCUT2D eigenvalue weighted by Gasteiger charge is 2.20. The first-order chi connectivity index (χ1) is 18.5. The van der Waals surface area contributed by atoms with Crippen LogP contribution >= 0.6 is 0 Å². The van der Waals surface area contributed by atoms with Gasteiger partial charge in [0.1, 0.15) is 24.0 Å². The van der Waals surface area contributed by atoms with Gasteiger partial charge >= 0.3 is 12.6 Å². The molecular weight excluding hydrogens is 494 g/mol. The maximum Gasteiger partial charge on any atom is 0.345 e. The summed E-state index contributed by atoms with van der Waals surface area (Å²) in [4.78, 5) is 27.2. The lowest BCUT2D eigenvalue weighted by Crippen LogP contribution is -2.37. The third-order valence-electron chi connectivity index (χ3n) is 6.65. The van der Waals surface area contributed by atoms with Crippen LogP contribution in [0.3, 0.4) is 0 Å². The van der Waals surface area contributed by atoms with Crippen molar-refractivity contribution in [3.63, 3.8) is 0 Å². The van der Waals surface area contributed by atoms with E-state index in [9.17, 15) is 18.7 Å². The van der Waals surface area contributed by atoms with Gasteiger partial charge in [-0.25, -0.2) is 19.7 Å². The molecule has 204 valence electrons. The fourth-order valence-electron chi connectivity index (χ4n) is 4.61. The molecule has 38 heavy (non-hydrogen) atoms. The number of anilines is 2. The number of carboxylic acids is 1. The number of benzene rings is 1. The number of halogens is 2. The number of hydrogen-bond donors (Lipinski definition) is 3. The lowest BCUT2D eigenvalue weighted by atomic mass is 10.1. The molecule has 0 saturated heterocycles. The Morgan fingerprint density at radius 2 is 2.00 bits per heavy atom. The molecule has 3 N–H and O–H groups in total. The van der Waals surface area contributed by atoms with Crippen LogP contribution in [-0.4, -0.2) is 76.4 Å². The average molecular weight is 529 g/mol. The molecule has 0 bridgehead atoms. The Balaban J connectivity index is 1.31. The second-order valence-electron chi connectivity index (χ2n) is 9.33. The van der Waals surface area contributed by atoms with E-state index in [1.165, 1.54) is 11.9 Å². The Labute approximate surface area is 220 Å². The van der Waals surface area contributed by atoms with Crippen LogP contribution < -0.4 is 10.6 Å². The summed E-state index contributed by atoms with van der Waals surface area (Å²) in [7, 11) is 0. The van der Waals surface area contributed by atoms with Crippen LogP contribution in [-0.2, 0) is 22.4 Å². The van der Waals surface area contributed by atoms with Crippen molar-refractivity contribution in [1.82, 2.24) is 19.9 Å². The number of aryl methyl sites for hydroxylation is 2. The minimum Gasteiger partial charge on any atom is -0.480 e. The highest BCUT2D eigenvalue weighted by Crippen LogP contribution is 2.21. The highest BCUT2D eigenvalue weighted by molar-refractivity contribution is 5.90. The molecule has 3 heterocycles. The van der Waals surface area contributed by atoms with Gasteiger partial charge in [-0.05, 0) is 68.8 Å². The Morgan fingerprint density at radius 1 is 1.13 bits per heavy atom. The van der Waals surface area contributed by atoms with Crippen molar-refractivity contribution in [2.24, 2.45) is 0 Å². The minimum absolute atomic E-state index is 0.128. The average Bonchev–Trinajstić information content (AvgIpc) is 2.92. The zero-order chi connectivity index (χ0) is 26.7. The van der Waals surface area contributed by atoms with Crippen LogP contribution in [0.15, 0.2) is 42.7 Å². The van der Waals surface area contributed by atoms with E-state index in [0.29, 0.717) is 24.4 Å². The molecular formula is C27H34F2N6O3. The molecule has 1 aromatic carbocycles. The van der Waals surface area contributed by atoms with Gasteiger partial charge in [0.25, 0.3) is 0 Å². The summed E-state index contributed by atoms with van der Waals surface area (Å²) in [6.45, 7) is -0.691. The van der Waals surface area contributed by atoms with Gasteiger partial charge in [-0.15, -0.1) is 0 Å². The first-order valence-electron chi connectivity index (χ1n) is 13.0. The summed E-state index contributed by atoms with van der Waals surface area (Å²) >= 11 is 0. The molecule has 0 amide bonds. The number of alkyl halides is 2. The molecule has 0 saturated carbocycles. The van der Waals surface area contributed by atoms with Crippen molar-refractivity contribution < 1.29 is 23.4 Å². The normalized spacial score (nSPS) is 13.9. The number of aromatic nitrogens is 3. The van der Waals surface area contributed by atoms with Crippen molar-refractivity contribution in [3.05, 3.63) is 54.0 Å². The summed E-state index contributed by atoms with van der Waals surface area (Å²) in [5.41, 5.74) is 2.99. The fraction of sp³-hybridized carbons (Fsp3) is 0.481. The number of carbonyl (C=O) groups is 1. The monoisotopic (exact) mass is 528 g/mol. The number of aliphatic carboxylic acids is 1. The van der Waals surface area contributed by atoms with E-state index in [1.54, 1.807) is 0 Å². The van der Waals surface area contributed by atoms with Gasteiger partial charge in [0, 0.05) is 30.7 Å². The molecule has 0 spiro atoms. The Bertz CT molecular complexity index is 1190. The van der Waals surface area contributed by atoms with Crippen molar-refractivity contribution in [2.45, 2.75) is 51.2 Å². The maximum atomic E-state index is 12.5. The number of hydrogen-bond acceptors (Lipinski definition) is 8.